The first-order chi connectivity index (χ1) is 13.2. The van der Waals surface area contributed by atoms with Crippen LogP contribution in [0.15, 0.2) is 60.7 Å². The summed E-state index contributed by atoms with van der Waals surface area (Å²) in [5, 5.41) is 0. The average molecular weight is 361 g/mol. The van der Waals surface area contributed by atoms with Gasteiger partial charge in [-0.25, -0.2) is 4.98 Å². The second-order valence-electron chi connectivity index (χ2n) is 7.44. The second-order valence-corrected chi connectivity index (χ2v) is 7.44. The number of aromatic nitrogens is 2. The molecule has 0 amide bonds. The lowest BCUT2D eigenvalue weighted by Crippen LogP contribution is -2.46. The first-order valence-corrected chi connectivity index (χ1v) is 9.83. The third-order valence-electron chi connectivity index (χ3n) is 5.57. The zero-order valence-electron chi connectivity index (χ0n) is 16.2. The maximum Gasteiger partial charge on any atom is 0.137 e. The number of H-pyrrole nitrogens is 1. The summed E-state index contributed by atoms with van der Waals surface area (Å²) < 4.78 is 0. The molecule has 1 N–H and O–H groups in total. The Bertz CT molecular complexity index is 849. The third kappa shape index (κ3) is 4.12. The van der Waals surface area contributed by atoms with Crippen LogP contribution >= 0.6 is 0 Å². The fourth-order valence-corrected chi connectivity index (χ4v) is 3.94. The number of nitrogens with one attached hydrogen (secondary N) is 1. The first kappa shape index (κ1) is 18.0. The highest BCUT2D eigenvalue weighted by molar-refractivity contribution is 5.55. The summed E-state index contributed by atoms with van der Waals surface area (Å²) in [4.78, 5) is 13.5. The monoisotopic (exact) mass is 360 g/mol. The van der Waals surface area contributed by atoms with E-state index in [4.69, 9.17) is 4.98 Å². The predicted octanol–water partition coefficient (Wildman–Crippen LogP) is 4.26. The van der Waals surface area contributed by atoms with Gasteiger partial charge < -0.3 is 4.98 Å². The van der Waals surface area contributed by atoms with E-state index in [1.54, 1.807) is 0 Å². The number of nitrogens with zero attached hydrogens (tertiary/aromatic N) is 3. The number of rotatable bonds is 5. The van der Waals surface area contributed by atoms with Gasteiger partial charge in [-0.1, -0.05) is 60.7 Å². The van der Waals surface area contributed by atoms with Crippen molar-refractivity contribution in [2.45, 2.75) is 26.4 Å². The SMILES string of the molecule is Cc1[nH]c(-c2ccccc2)nc1C(C)N1CCN(Cc2ccccc2)CC1. The molecule has 0 bridgehead atoms. The van der Waals surface area contributed by atoms with Crippen LogP contribution < -0.4 is 0 Å². The topological polar surface area (TPSA) is 35.2 Å². The van der Waals surface area contributed by atoms with Crippen molar-refractivity contribution in [1.82, 2.24) is 19.8 Å². The number of benzene rings is 2. The molecular formula is C23H28N4. The van der Waals surface area contributed by atoms with E-state index in [1.807, 2.05) is 6.07 Å². The molecule has 1 saturated heterocycles. The van der Waals surface area contributed by atoms with Crippen LogP contribution in [0.2, 0.25) is 0 Å². The summed E-state index contributed by atoms with van der Waals surface area (Å²) in [7, 11) is 0. The minimum absolute atomic E-state index is 0.331. The molecule has 0 spiro atoms. The number of hydrogen-bond acceptors (Lipinski definition) is 3. The Morgan fingerprint density at radius 1 is 0.926 bits per heavy atom. The van der Waals surface area contributed by atoms with Crippen LogP contribution in [0.25, 0.3) is 11.4 Å². The summed E-state index contributed by atoms with van der Waals surface area (Å²) >= 11 is 0. The van der Waals surface area contributed by atoms with Crippen LogP contribution in [-0.2, 0) is 6.54 Å². The third-order valence-corrected chi connectivity index (χ3v) is 5.57. The summed E-state index contributed by atoms with van der Waals surface area (Å²) in [6.07, 6.45) is 0. The van der Waals surface area contributed by atoms with Gasteiger partial charge in [0.1, 0.15) is 5.82 Å². The molecule has 2 heterocycles. The lowest BCUT2D eigenvalue weighted by atomic mass is 10.1. The maximum absolute atomic E-state index is 4.93. The molecule has 1 fully saturated rings. The lowest BCUT2D eigenvalue weighted by molar-refractivity contribution is 0.0963. The molecule has 1 aliphatic rings. The fourth-order valence-electron chi connectivity index (χ4n) is 3.94. The summed E-state index contributed by atoms with van der Waals surface area (Å²) in [6, 6.07) is 21.5. The van der Waals surface area contributed by atoms with E-state index in [2.05, 4.69) is 83.2 Å². The van der Waals surface area contributed by atoms with E-state index < -0.39 is 0 Å². The molecule has 140 valence electrons. The molecule has 27 heavy (non-hydrogen) atoms. The van der Waals surface area contributed by atoms with Crippen LogP contribution in [0.1, 0.15) is 29.9 Å². The predicted molar refractivity (Wildman–Crippen MR) is 110 cm³/mol. The molecule has 0 radical (unpaired) electrons. The van der Waals surface area contributed by atoms with Crippen LogP contribution in [0.5, 0.6) is 0 Å². The largest absolute Gasteiger partial charge is 0.342 e. The van der Waals surface area contributed by atoms with Gasteiger partial charge in [-0.15, -0.1) is 0 Å². The molecule has 3 aromatic rings. The molecule has 1 unspecified atom stereocenters. The van der Waals surface area contributed by atoms with Gasteiger partial charge >= 0.3 is 0 Å². The maximum atomic E-state index is 4.93. The Hall–Kier alpha value is -2.43. The van der Waals surface area contributed by atoms with E-state index in [0.29, 0.717) is 6.04 Å². The molecule has 2 aromatic carbocycles. The van der Waals surface area contributed by atoms with Crippen molar-refractivity contribution in [3.63, 3.8) is 0 Å². The van der Waals surface area contributed by atoms with Gasteiger partial charge in [0, 0.05) is 44.0 Å². The summed E-state index contributed by atoms with van der Waals surface area (Å²) in [5.41, 5.74) is 4.89. The normalized spacial score (nSPS) is 17.1. The van der Waals surface area contributed by atoms with Crippen LogP contribution in [0, 0.1) is 6.92 Å². The number of aromatic amines is 1. The quantitative estimate of drug-likeness (QED) is 0.738. The molecule has 1 atom stereocenters. The van der Waals surface area contributed by atoms with Crippen LogP contribution in [-0.4, -0.2) is 45.9 Å². The van der Waals surface area contributed by atoms with E-state index in [9.17, 15) is 0 Å². The van der Waals surface area contributed by atoms with Gasteiger partial charge in [0.2, 0.25) is 0 Å². The number of aryl methyl sites for hydroxylation is 1. The van der Waals surface area contributed by atoms with Crippen molar-refractivity contribution in [3.05, 3.63) is 77.6 Å². The Morgan fingerprint density at radius 3 is 2.22 bits per heavy atom. The molecule has 1 aromatic heterocycles. The molecule has 4 heteroatoms. The first-order valence-electron chi connectivity index (χ1n) is 9.83. The molecular weight excluding hydrogens is 332 g/mol. The standard InChI is InChI=1S/C23H28N4/c1-18-22(25-23(24-18)21-11-7-4-8-12-21)19(2)27-15-13-26(14-16-27)17-20-9-5-3-6-10-20/h3-12,19H,13-17H2,1-2H3,(H,24,25). The molecule has 4 rings (SSSR count). The van der Waals surface area contributed by atoms with Gasteiger partial charge in [0.05, 0.1) is 11.7 Å². The Balaban J connectivity index is 1.39. The van der Waals surface area contributed by atoms with E-state index >= 15 is 0 Å². The molecule has 1 aliphatic heterocycles. The van der Waals surface area contributed by atoms with Crippen molar-refractivity contribution in [1.29, 1.82) is 0 Å². The van der Waals surface area contributed by atoms with Gasteiger partial charge in [-0.3, -0.25) is 9.80 Å². The van der Waals surface area contributed by atoms with Gasteiger partial charge in [0.25, 0.3) is 0 Å². The van der Waals surface area contributed by atoms with E-state index in [-0.39, 0.29) is 0 Å². The second kappa shape index (κ2) is 8.07. The van der Waals surface area contributed by atoms with Gasteiger partial charge in [-0.05, 0) is 19.4 Å². The van der Waals surface area contributed by atoms with E-state index in [1.165, 1.54) is 17.0 Å². The van der Waals surface area contributed by atoms with Gasteiger partial charge in [-0.2, -0.15) is 0 Å². The van der Waals surface area contributed by atoms with Gasteiger partial charge in [0.15, 0.2) is 0 Å². The van der Waals surface area contributed by atoms with Crippen molar-refractivity contribution in [3.8, 4) is 11.4 Å². The highest BCUT2D eigenvalue weighted by Crippen LogP contribution is 2.26. The fraction of sp³-hybridized carbons (Fsp3) is 0.348. The minimum atomic E-state index is 0.331. The molecule has 0 aliphatic carbocycles. The Morgan fingerprint density at radius 2 is 1.56 bits per heavy atom. The van der Waals surface area contributed by atoms with Crippen LogP contribution in [0.4, 0.5) is 0 Å². The number of hydrogen-bond donors (Lipinski definition) is 1. The Kier molecular flexibility index (Phi) is 5.37. The summed E-state index contributed by atoms with van der Waals surface area (Å²) in [5.74, 6) is 0.970. The van der Waals surface area contributed by atoms with Crippen LogP contribution in [0.3, 0.4) is 0 Å². The number of piperazine rings is 1. The minimum Gasteiger partial charge on any atom is -0.342 e. The van der Waals surface area contributed by atoms with Crippen molar-refractivity contribution in [2.75, 3.05) is 26.2 Å². The Labute approximate surface area is 161 Å². The van der Waals surface area contributed by atoms with E-state index in [0.717, 1.165) is 44.1 Å². The van der Waals surface area contributed by atoms with Crippen molar-refractivity contribution >= 4 is 0 Å². The lowest BCUT2D eigenvalue weighted by Gasteiger charge is -2.37. The van der Waals surface area contributed by atoms with Crippen molar-refractivity contribution in [2.24, 2.45) is 0 Å². The zero-order valence-corrected chi connectivity index (χ0v) is 16.2. The molecule has 0 saturated carbocycles. The van der Waals surface area contributed by atoms with Crippen molar-refractivity contribution < 1.29 is 0 Å². The molecule has 4 nitrogen and oxygen atoms in total. The summed E-state index contributed by atoms with van der Waals surface area (Å²) in [6.45, 7) is 9.84. The zero-order chi connectivity index (χ0) is 18.6. The number of imidazole rings is 1. The smallest absolute Gasteiger partial charge is 0.137 e. The average Bonchev–Trinajstić information content (AvgIpc) is 3.11. The highest BCUT2D eigenvalue weighted by Gasteiger charge is 2.25. The highest BCUT2D eigenvalue weighted by atomic mass is 15.3.